The predicted molar refractivity (Wildman–Crippen MR) is 76.5 cm³/mol. The van der Waals surface area contributed by atoms with E-state index in [-0.39, 0.29) is 24.4 Å². The Morgan fingerprint density at radius 1 is 1.32 bits per heavy atom. The average molecular weight is 287 g/mol. The minimum absolute atomic E-state index is 0. The number of halogens is 1. The van der Waals surface area contributed by atoms with Crippen molar-refractivity contribution in [3.63, 3.8) is 0 Å². The molecule has 0 radical (unpaired) electrons. The number of methoxy groups -OCH3 is 1. The molecule has 0 aliphatic rings. The van der Waals surface area contributed by atoms with E-state index in [1.54, 1.807) is 24.3 Å². The summed E-state index contributed by atoms with van der Waals surface area (Å²) in [6.45, 7) is 1.86. The van der Waals surface area contributed by atoms with Crippen molar-refractivity contribution in [2.24, 2.45) is 5.73 Å². The van der Waals surface area contributed by atoms with E-state index in [4.69, 9.17) is 5.73 Å². The number of esters is 1. The molecule has 5 nitrogen and oxygen atoms in total. The SMILES string of the molecule is COC(=O)c1ccc(NC(=O)CCC(C)N)cc1.Cl. The van der Waals surface area contributed by atoms with Crippen LogP contribution >= 0.6 is 12.4 Å². The minimum atomic E-state index is -0.398. The zero-order valence-corrected chi connectivity index (χ0v) is 11.8. The molecule has 1 atom stereocenters. The van der Waals surface area contributed by atoms with Crippen LogP contribution < -0.4 is 11.1 Å². The Labute approximate surface area is 118 Å². The lowest BCUT2D eigenvalue weighted by atomic mass is 10.1. The molecule has 1 aromatic rings. The Morgan fingerprint density at radius 2 is 1.89 bits per heavy atom. The number of hydrogen-bond acceptors (Lipinski definition) is 4. The average Bonchev–Trinajstić information content (AvgIpc) is 2.36. The molecular weight excluding hydrogens is 268 g/mol. The van der Waals surface area contributed by atoms with Gasteiger partial charge in [0.15, 0.2) is 0 Å². The Kier molecular flexibility index (Phi) is 7.79. The Bertz CT molecular complexity index is 418. The van der Waals surface area contributed by atoms with Gasteiger partial charge >= 0.3 is 5.97 Å². The second-order valence-corrected chi connectivity index (χ2v) is 4.13. The van der Waals surface area contributed by atoms with Crippen molar-refractivity contribution in [2.75, 3.05) is 12.4 Å². The summed E-state index contributed by atoms with van der Waals surface area (Å²) in [6.07, 6.45) is 1.03. The number of nitrogens with two attached hydrogens (primary N) is 1. The lowest BCUT2D eigenvalue weighted by molar-refractivity contribution is -0.116. The third-order valence-corrected chi connectivity index (χ3v) is 2.42. The molecule has 0 saturated carbocycles. The molecule has 0 aliphatic carbocycles. The van der Waals surface area contributed by atoms with Crippen molar-refractivity contribution in [2.45, 2.75) is 25.8 Å². The van der Waals surface area contributed by atoms with Crippen LogP contribution in [-0.2, 0) is 9.53 Å². The number of anilines is 1. The molecule has 0 bridgehead atoms. The number of ether oxygens (including phenoxy) is 1. The maximum absolute atomic E-state index is 11.5. The standard InChI is InChI=1S/C13H18N2O3.ClH/c1-9(14)3-8-12(16)15-11-6-4-10(5-7-11)13(17)18-2;/h4-7,9H,3,8,14H2,1-2H3,(H,15,16);1H. The van der Waals surface area contributed by atoms with Crippen LogP contribution in [-0.4, -0.2) is 25.0 Å². The molecule has 0 heterocycles. The molecule has 0 fully saturated rings. The van der Waals surface area contributed by atoms with Crippen molar-refractivity contribution < 1.29 is 14.3 Å². The number of carbonyl (C=O) groups is 2. The van der Waals surface area contributed by atoms with E-state index in [1.165, 1.54) is 7.11 Å². The third kappa shape index (κ3) is 6.22. The first-order chi connectivity index (χ1) is 8.52. The van der Waals surface area contributed by atoms with Crippen molar-refractivity contribution in [3.05, 3.63) is 29.8 Å². The fourth-order valence-electron chi connectivity index (χ4n) is 1.39. The smallest absolute Gasteiger partial charge is 0.337 e. The monoisotopic (exact) mass is 286 g/mol. The fraction of sp³-hybridized carbons (Fsp3) is 0.385. The number of hydrogen-bond donors (Lipinski definition) is 2. The second kappa shape index (κ2) is 8.50. The zero-order valence-electron chi connectivity index (χ0n) is 11.0. The van der Waals surface area contributed by atoms with Gasteiger partial charge in [-0.3, -0.25) is 4.79 Å². The normalized spacial score (nSPS) is 11.1. The summed E-state index contributed by atoms with van der Waals surface area (Å²) in [6, 6.07) is 6.55. The summed E-state index contributed by atoms with van der Waals surface area (Å²) < 4.78 is 4.58. The highest BCUT2D eigenvalue weighted by molar-refractivity contribution is 5.93. The van der Waals surface area contributed by atoms with Crippen molar-refractivity contribution >= 4 is 30.0 Å². The molecule has 19 heavy (non-hydrogen) atoms. The Hall–Kier alpha value is -1.59. The maximum atomic E-state index is 11.5. The van der Waals surface area contributed by atoms with Gasteiger partial charge in [0.2, 0.25) is 5.91 Å². The van der Waals surface area contributed by atoms with Crippen molar-refractivity contribution in [3.8, 4) is 0 Å². The fourth-order valence-corrected chi connectivity index (χ4v) is 1.39. The molecule has 1 rings (SSSR count). The van der Waals surface area contributed by atoms with Crippen LogP contribution in [0.2, 0.25) is 0 Å². The summed E-state index contributed by atoms with van der Waals surface area (Å²) in [4.78, 5) is 22.7. The minimum Gasteiger partial charge on any atom is -0.465 e. The van der Waals surface area contributed by atoms with Crippen LogP contribution in [0.15, 0.2) is 24.3 Å². The van der Waals surface area contributed by atoms with Crippen LogP contribution in [0.1, 0.15) is 30.1 Å². The number of nitrogens with one attached hydrogen (secondary N) is 1. The maximum Gasteiger partial charge on any atom is 0.337 e. The van der Waals surface area contributed by atoms with Crippen LogP contribution in [0, 0.1) is 0 Å². The van der Waals surface area contributed by atoms with Gasteiger partial charge in [-0.15, -0.1) is 12.4 Å². The molecule has 0 aliphatic heterocycles. The van der Waals surface area contributed by atoms with E-state index in [9.17, 15) is 9.59 Å². The van der Waals surface area contributed by atoms with Crippen molar-refractivity contribution in [1.82, 2.24) is 0 Å². The zero-order chi connectivity index (χ0) is 13.5. The molecule has 106 valence electrons. The molecule has 0 spiro atoms. The van der Waals surface area contributed by atoms with Crippen LogP contribution in [0.4, 0.5) is 5.69 Å². The van der Waals surface area contributed by atoms with Gasteiger partial charge in [-0.1, -0.05) is 0 Å². The van der Waals surface area contributed by atoms with Gasteiger partial charge in [0.1, 0.15) is 0 Å². The van der Waals surface area contributed by atoms with Crippen LogP contribution in [0.25, 0.3) is 0 Å². The molecule has 6 heteroatoms. The van der Waals surface area contributed by atoms with Crippen molar-refractivity contribution in [1.29, 1.82) is 0 Å². The first-order valence-corrected chi connectivity index (χ1v) is 5.76. The number of carbonyl (C=O) groups excluding carboxylic acids is 2. The first-order valence-electron chi connectivity index (χ1n) is 5.76. The van der Waals surface area contributed by atoms with E-state index >= 15 is 0 Å². The number of amides is 1. The molecular formula is C13H19ClN2O3. The van der Waals surface area contributed by atoms with Gasteiger partial charge < -0.3 is 15.8 Å². The third-order valence-electron chi connectivity index (χ3n) is 2.42. The molecule has 1 amide bonds. The van der Waals surface area contributed by atoms with Gasteiger partial charge in [0.05, 0.1) is 12.7 Å². The summed E-state index contributed by atoms with van der Waals surface area (Å²) in [7, 11) is 1.33. The van der Waals surface area contributed by atoms with Gasteiger partial charge in [0.25, 0.3) is 0 Å². The molecule has 1 aromatic carbocycles. The van der Waals surface area contributed by atoms with E-state index in [1.807, 2.05) is 6.92 Å². The number of benzene rings is 1. The molecule has 0 aromatic heterocycles. The van der Waals surface area contributed by atoms with Crippen LogP contribution in [0.3, 0.4) is 0 Å². The summed E-state index contributed by atoms with van der Waals surface area (Å²) in [5.74, 6) is -0.483. The quantitative estimate of drug-likeness (QED) is 0.811. The highest BCUT2D eigenvalue weighted by atomic mass is 35.5. The molecule has 3 N–H and O–H groups in total. The van der Waals surface area contributed by atoms with Gasteiger partial charge in [-0.25, -0.2) is 4.79 Å². The highest BCUT2D eigenvalue weighted by Gasteiger charge is 2.06. The van der Waals surface area contributed by atoms with E-state index in [0.29, 0.717) is 24.1 Å². The lowest BCUT2D eigenvalue weighted by Crippen LogP contribution is -2.19. The van der Waals surface area contributed by atoms with Gasteiger partial charge in [-0.2, -0.15) is 0 Å². The van der Waals surface area contributed by atoms with E-state index < -0.39 is 5.97 Å². The van der Waals surface area contributed by atoms with Gasteiger partial charge in [0, 0.05) is 18.2 Å². The highest BCUT2D eigenvalue weighted by Crippen LogP contribution is 2.11. The lowest BCUT2D eigenvalue weighted by Gasteiger charge is -2.07. The number of rotatable bonds is 5. The summed E-state index contributed by atoms with van der Waals surface area (Å²) in [5, 5.41) is 2.73. The largest absolute Gasteiger partial charge is 0.465 e. The topological polar surface area (TPSA) is 81.4 Å². The van der Waals surface area contributed by atoms with Gasteiger partial charge in [-0.05, 0) is 37.6 Å². The second-order valence-electron chi connectivity index (χ2n) is 4.13. The predicted octanol–water partition coefficient (Wildman–Crippen LogP) is 1.96. The Balaban J connectivity index is 0.00000324. The Morgan fingerprint density at radius 3 is 2.37 bits per heavy atom. The summed E-state index contributed by atoms with van der Waals surface area (Å²) >= 11 is 0. The molecule has 0 saturated heterocycles. The van der Waals surface area contributed by atoms with E-state index in [0.717, 1.165) is 0 Å². The summed E-state index contributed by atoms with van der Waals surface area (Å²) in [5.41, 5.74) is 6.67. The molecule has 1 unspecified atom stereocenters. The first kappa shape index (κ1) is 17.4. The van der Waals surface area contributed by atoms with E-state index in [2.05, 4.69) is 10.1 Å². The van der Waals surface area contributed by atoms with Crippen LogP contribution in [0.5, 0.6) is 0 Å².